The molecule has 3 heteroatoms. The molecule has 0 aliphatic heterocycles. The second-order valence-electron chi connectivity index (χ2n) is 13.9. The number of furan rings is 3. The van der Waals surface area contributed by atoms with Crippen molar-refractivity contribution in [3.63, 3.8) is 0 Å². The standard InChI is InChI=1S/C50H28O3/c1-2-13-29(14-3-1)50-49(48-43(53-50)26-25-42-47(48)37-21-9-11-24-41(37)51-42)46-34-19-6-4-17-32(34)45(33-18-5-7-20-35(33)46)36-22-12-15-30-27-39-31-16-8-10-23-40(31)52-44(39)28-38(30)36/h1-28H. The third-order valence-electron chi connectivity index (χ3n) is 11.1. The first-order chi connectivity index (χ1) is 26.3. The molecule has 0 N–H and O–H groups in total. The van der Waals surface area contributed by atoms with Crippen LogP contribution < -0.4 is 0 Å². The topological polar surface area (TPSA) is 39.4 Å². The van der Waals surface area contributed by atoms with Gasteiger partial charge >= 0.3 is 0 Å². The van der Waals surface area contributed by atoms with E-state index in [2.05, 4.69) is 140 Å². The largest absolute Gasteiger partial charge is 0.456 e. The van der Waals surface area contributed by atoms with Crippen LogP contribution in [0.2, 0.25) is 0 Å². The Kier molecular flexibility index (Phi) is 5.77. The van der Waals surface area contributed by atoms with Crippen LogP contribution in [0.4, 0.5) is 0 Å². The molecule has 0 bridgehead atoms. The van der Waals surface area contributed by atoms with E-state index < -0.39 is 0 Å². The zero-order valence-electron chi connectivity index (χ0n) is 28.4. The van der Waals surface area contributed by atoms with E-state index in [9.17, 15) is 0 Å². The number of fused-ring (bicyclic) bond motifs is 11. The molecule has 3 heterocycles. The fourth-order valence-corrected chi connectivity index (χ4v) is 8.84. The van der Waals surface area contributed by atoms with Crippen molar-refractivity contribution in [1.29, 1.82) is 0 Å². The monoisotopic (exact) mass is 676 g/mol. The Morgan fingerprint density at radius 3 is 1.57 bits per heavy atom. The summed E-state index contributed by atoms with van der Waals surface area (Å²) in [6.07, 6.45) is 0. The van der Waals surface area contributed by atoms with E-state index in [1.165, 1.54) is 27.3 Å². The third kappa shape index (κ3) is 3.99. The zero-order chi connectivity index (χ0) is 34.6. The molecule has 12 aromatic rings. The van der Waals surface area contributed by atoms with Crippen LogP contribution >= 0.6 is 0 Å². The summed E-state index contributed by atoms with van der Waals surface area (Å²) in [7, 11) is 0. The molecule has 0 aliphatic rings. The Hall–Kier alpha value is -7.10. The van der Waals surface area contributed by atoms with Gasteiger partial charge in [0.1, 0.15) is 33.7 Å². The van der Waals surface area contributed by atoms with E-state index in [1.807, 2.05) is 30.3 Å². The van der Waals surface area contributed by atoms with Gasteiger partial charge in [0.2, 0.25) is 0 Å². The average Bonchev–Trinajstić information content (AvgIpc) is 3.90. The van der Waals surface area contributed by atoms with Gasteiger partial charge in [-0.05, 0) is 79.8 Å². The highest BCUT2D eigenvalue weighted by molar-refractivity contribution is 6.31. The lowest BCUT2D eigenvalue weighted by Crippen LogP contribution is -1.92. The van der Waals surface area contributed by atoms with Gasteiger partial charge in [-0.2, -0.15) is 0 Å². The van der Waals surface area contributed by atoms with Crippen LogP contribution in [-0.2, 0) is 0 Å². The van der Waals surface area contributed by atoms with E-state index in [0.717, 1.165) is 93.5 Å². The predicted molar refractivity (Wildman–Crippen MR) is 220 cm³/mol. The molecule has 9 aromatic carbocycles. The quantitative estimate of drug-likeness (QED) is 0.175. The molecule has 3 nitrogen and oxygen atoms in total. The molecule has 53 heavy (non-hydrogen) atoms. The van der Waals surface area contributed by atoms with E-state index in [4.69, 9.17) is 13.3 Å². The molecule has 0 spiro atoms. The summed E-state index contributed by atoms with van der Waals surface area (Å²) >= 11 is 0. The van der Waals surface area contributed by atoms with Gasteiger partial charge in [-0.1, -0.05) is 133 Å². The number of benzene rings is 9. The molecule has 0 saturated heterocycles. The minimum Gasteiger partial charge on any atom is -0.456 e. The van der Waals surface area contributed by atoms with Crippen molar-refractivity contribution in [3.05, 3.63) is 170 Å². The van der Waals surface area contributed by atoms with Crippen molar-refractivity contribution in [3.8, 4) is 33.6 Å². The van der Waals surface area contributed by atoms with Gasteiger partial charge in [-0.3, -0.25) is 0 Å². The molecule has 3 aromatic heterocycles. The summed E-state index contributed by atoms with van der Waals surface area (Å²) in [4.78, 5) is 0. The lowest BCUT2D eigenvalue weighted by atomic mass is 9.83. The van der Waals surface area contributed by atoms with Crippen LogP contribution in [0.1, 0.15) is 0 Å². The van der Waals surface area contributed by atoms with Gasteiger partial charge < -0.3 is 13.3 Å². The Morgan fingerprint density at radius 2 is 0.849 bits per heavy atom. The first-order valence-corrected chi connectivity index (χ1v) is 18.0. The Bertz CT molecular complexity index is 3390. The number of hydrogen-bond acceptors (Lipinski definition) is 3. The fourth-order valence-electron chi connectivity index (χ4n) is 8.84. The number of rotatable bonds is 3. The molecular formula is C50H28O3. The van der Waals surface area contributed by atoms with Crippen LogP contribution in [0, 0.1) is 0 Å². The maximum absolute atomic E-state index is 6.95. The van der Waals surface area contributed by atoms with Gasteiger partial charge in [-0.25, -0.2) is 0 Å². The number of hydrogen-bond donors (Lipinski definition) is 0. The van der Waals surface area contributed by atoms with Crippen LogP contribution in [0.3, 0.4) is 0 Å². The van der Waals surface area contributed by atoms with Gasteiger partial charge in [0, 0.05) is 43.6 Å². The minimum absolute atomic E-state index is 0.832. The van der Waals surface area contributed by atoms with Crippen LogP contribution in [-0.4, -0.2) is 0 Å². The van der Waals surface area contributed by atoms with Crippen molar-refractivity contribution in [2.24, 2.45) is 0 Å². The smallest absolute Gasteiger partial charge is 0.143 e. The second-order valence-corrected chi connectivity index (χ2v) is 13.9. The van der Waals surface area contributed by atoms with Crippen LogP contribution in [0.5, 0.6) is 0 Å². The van der Waals surface area contributed by atoms with Crippen molar-refractivity contribution >= 4 is 87.2 Å². The first-order valence-electron chi connectivity index (χ1n) is 18.0. The first kappa shape index (κ1) is 28.6. The lowest BCUT2D eigenvalue weighted by molar-refractivity contribution is 0.632. The maximum Gasteiger partial charge on any atom is 0.143 e. The van der Waals surface area contributed by atoms with E-state index in [1.54, 1.807) is 0 Å². The van der Waals surface area contributed by atoms with E-state index >= 15 is 0 Å². The second kappa shape index (κ2) is 10.7. The van der Waals surface area contributed by atoms with Crippen LogP contribution in [0.15, 0.2) is 183 Å². The highest BCUT2D eigenvalue weighted by Crippen LogP contribution is 2.52. The zero-order valence-corrected chi connectivity index (χ0v) is 28.4. The normalized spacial score (nSPS) is 12.2. The summed E-state index contributed by atoms with van der Waals surface area (Å²) in [5.74, 6) is 0.846. The highest BCUT2D eigenvalue weighted by atomic mass is 16.3. The molecule has 0 unspecified atom stereocenters. The highest BCUT2D eigenvalue weighted by Gasteiger charge is 2.27. The summed E-state index contributed by atoms with van der Waals surface area (Å²) in [6, 6.07) is 60.0. The van der Waals surface area contributed by atoms with Gasteiger partial charge in [0.15, 0.2) is 0 Å². The molecule has 0 saturated carbocycles. The van der Waals surface area contributed by atoms with Gasteiger partial charge in [0.25, 0.3) is 0 Å². The van der Waals surface area contributed by atoms with Crippen molar-refractivity contribution in [1.82, 2.24) is 0 Å². The Morgan fingerprint density at radius 1 is 0.283 bits per heavy atom. The Labute approximate surface area is 302 Å². The lowest BCUT2D eigenvalue weighted by Gasteiger charge is -2.19. The summed E-state index contributed by atoms with van der Waals surface area (Å²) < 4.78 is 19.8. The molecule has 0 amide bonds. The molecule has 0 atom stereocenters. The Balaban J connectivity index is 1.25. The average molecular weight is 677 g/mol. The minimum atomic E-state index is 0.832. The molecular weight excluding hydrogens is 649 g/mol. The SMILES string of the molecule is c1ccc(-c2oc3ccc4oc5ccccc5c4c3c2-c2c3ccccc3c(-c3cccc4cc5c(cc34)oc3ccccc35)c3ccccc23)cc1. The predicted octanol–water partition coefficient (Wildman–Crippen LogP) is 14.7. The van der Waals surface area contributed by atoms with Gasteiger partial charge in [0.05, 0.1) is 0 Å². The summed E-state index contributed by atoms with van der Waals surface area (Å²) in [5, 5.41) is 12.5. The van der Waals surface area contributed by atoms with Crippen molar-refractivity contribution < 1.29 is 13.3 Å². The third-order valence-corrected chi connectivity index (χ3v) is 11.1. The van der Waals surface area contributed by atoms with Crippen molar-refractivity contribution in [2.45, 2.75) is 0 Å². The molecule has 246 valence electrons. The summed E-state index contributed by atoms with van der Waals surface area (Å²) in [6.45, 7) is 0. The van der Waals surface area contributed by atoms with Crippen LogP contribution in [0.25, 0.3) is 121 Å². The van der Waals surface area contributed by atoms with Crippen molar-refractivity contribution in [2.75, 3.05) is 0 Å². The number of para-hydroxylation sites is 2. The molecule has 0 fully saturated rings. The fraction of sp³-hybridized carbons (Fsp3) is 0. The van der Waals surface area contributed by atoms with E-state index in [-0.39, 0.29) is 0 Å². The van der Waals surface area contributed by atoms with E-state index in [0.29, 0.717) is 0 Å². The molecule has 12 rings (SSSR count). The molecule has 0 radical (unpaired) electrons. The maximum atomic E-state index is 6.95. The summed E-state index contributed by atoms with van der Waals surface area (Å²) in [5.41, 5.74) is 9.97. The van der Waals surface area contributed by atoms with Gasteiger partial charge in [-0.15, -0.1) is 0 Å². The molecule has 0 aliphatic carbocycles.